The lowest BCUT2D eigenvalue weighted by Gasteiger charge is -2.13. The first kappa shape index (κ1) is 16.6. The Hall–Kier alpha value is -0.750. The molecular weight excluding hydrogens is 329 g/mol. The van der Waals surface area contributed by atoms with E-state index in [1.54, 1.807) is 6.07 Å². The van der Waals surface area contributed by atoms with Crippen molar-refractivity contribution in [1.29, 1.82) is 0 Å². The van der Waals surface area contributed by atoms with Gasteiger partial charge < -0.3 is 10.2 Å². The first-order valence-corrected chi connectivity index (χ1v) is 8.41. The van der Waals surface area contributed by atoms with Gasteiger partial charge in [0.1, 0.15) is 0 Å². The van der Waals surface area contributed by atoms with Crippen LogP contribution >= 0.6 is 35.0 Å². The van der Waals surface area contributed by atoms with Gasteiger partial charge in [-0.3, -0.25) is 0 Å². The number of thioether (sulfide) groups is 1. The Morgan fingerprint density at radius 1 is 1.29 bits per heavy atom. The standard InChI is InChI=1S/C14H17Cl2N3OS/c1-3-8(2)12(17)13-18-19-14(20-13)21-7-9-4-5-10(15)11(16)6-9/h4-6,8,12H,3,7,17H2,1-2H3/t8?,12-/m0/s1. The van der Waals surface area contributed by atoms with Crippen LogP contribution in [0, 0.1) is 5.92 Å². The van der Waals surface area contributed by atoms with Crippen molar-refractivity contribution >= 4 is 35.0 Å². The van der Waals surface area contributed by atoms with Crippen LogP contribution in [0.4, 0.5) is 0 Å². The fraction of sp³-hybridized carbons (Fsp3) is 0.429. The molecule has 0 amide bonds. The molecule has 21 heavy (non-hydrogen) atoms. The molecule has 7 heteroatoms. The highest BCUT2D eigenvalue weighted by molar-refractivity contribution is 7.98. The SMILES string of the molecule is CCC(C)[C@H](N)c1nnc(SCc2ccc(Cl)c(Cl)c2)o1. The van der Waals surface area contributed by atoms with Gasteiger partial charge in [0.05, 0.1) is 16.1 Å². The Morgan fingerprint density at radius 2 is 2.05 bits per heavy atom. The third-order valence-electron chi connectivity index (χ3n) is 3.31. The van der Waals surface area contributed by atoms with Gasteiger partial charge in [0.2, 0.25) is 5.89 Å². The summed E-state index contributed by atoms with van der Waals surface area (Å²) in [5.74, 6) is 1.47. The highest BCUT2D eigenvalue weighted by Gasteiger charge is 2.19. The predicted octanol–water partition coefficient (Wildman–Crippen LogP) is 4.71. The zero-order valence-electron chi connectivity index (χ0n) is 11.8. The van der Waals surface area contributed by atoms with Crippen LogP contribution in [0.1, 0.15) is 37.8 Å². The molecule has 1 aromatic carbocycles. The molecule has 2 rings (SSSR count). The van der Waals surface area contributed by atoms with Gasteiger partial charge in [-0.1, -0.05) is 61.3 Å². The van der Waals surface area contributed by atoms with Crippen LogP contribution < -0.4 is 5.73 Å². The van der Waals surface area contributed by atoms with Crippen LogP contribution in [0.5, 0.6) is 0 Å². The zero-order chi connectivity index (χ0) is 15.4. The summed E-state index contributed by atoms with van der Waals surface area (Å²) in [5.41, 5.74) is 7.11. The van der Waals surface area contributed by atoms with E-state index >= 15 is 0 Å². The second kappa shape index (κ2) is 7.49. The fourth-order valence-corrected chi connectivity index (χ4v) is 2.72. The zero-order valence-corrected chi connectivity index (χ0v) is 14.2. The van der Waals surface area contributed by atoms with Crippen molar-refractivity contribution in [3.8, 4) is 0 Å². The van der Waals surface area contributed by atoms with Crippen molar-refractivity contribution in [3.63, 3.8) is 0 Å². The summed E-state index contributed by atoms with van der Waals surface area (Å²) < 4.78 is 5.60. The Balaban J connectivity index is 1.98. The molecule has 1 heterocycles. The molecule has 0 aliphatic rings. The van der Waals surface area contributed by atoms with Gasteiger partial charge in [0, 0.05) is 5.75 Å². The van der Waals surface area contributed by atoms with E-state index in [9.17, 15) is 0 Å². The van der Waals surface area contributed by atoms with E-state index in [1.165, 1.54) is 11.8 Å². The lowest BCUT2D eigenvalue weighted by molar-refractivity contribution is 0.333. The van der Waals surface area contributed by atoms with Gasteiger partial charge in [0.25, 0.3) is 5.22 Å². The van der Waals surface area contributed by atoms with Gasteiger partial charge in [0.15, 0.2) is 0 Å². The third kappa shape index (κ3) is 4.36. The van der Waals surface area contributed by atoms with E-state index in [0.717, 1.165) is 12.0 Å². The molecule has 1 aromatic heterocycles. The lowest BCUT2D eigenvalue weighted by Crippen LogP contribution is -2.18. The molecule has 2 aromatic rings. The minimum absolute atomic E-state index is 0.221. The highest BCUT2D eigenvalue weighted by Crippen LogP contribution is 2.28. The number of aromatic nitrogens is 2. The summed E-state index contributed by atoms with van der Waals surface area (Å²) in [6, 6.07) is 5.31. The van der Waals surface area contributed by atoms with Crippen LogP contribution in [0.15, 0.2) is 27.8 Å². The number of halogens is 2. The largest absolute Gasteiger partial charge is 0.414 e. The van der Waals surface area contributed by atoms with Crippen LogP contribution in [0.3, 0.4) is 0 Å². The van der Waals surface area contributed by atoms with E-state index in [-0.39, 0.29) is 6.04 Å². The van der Waals surface area contributed by atoms with E-state index < -0.39 is 0 Å². The van der Waals surface area contributed by atoms with Crippen molar-refractivity contribution < 1.29 is 4.42 Å². The maximum Gasteiger partial charge on any atom is 0.276 e. The summed E-state index contributed by atoms with van der Waals surface area (Å²) in [7, 11) is 0. The van der Waals surface area contributed by atoms with Crippen LogP contribution in [-0.2, 0) is 5.75 Å². The molecule has 0 bridgehead atoms. The third-order valence-corrected chi connectivity index (χ3v) is 4.94. The molecule has 2 N–H and O–H groups in total. The molecule has 0 aliphatic carbocycles. The van der Waals surface area contributed by atoms with Crippen molar-refractivity contribution in [2.24, 2.45) is 11.7 Å². The average molecular weight is 346 g/mol. The summed E-state index contributed by atoms with van der Waals surface area (Å²) in [6.45, 7) is 4.15. The maximum absolute atomic E-state index is 6.07. The molecule has 0 saturated heterocycles. The smallest absolute Gasteiger partial charge is 0.276 e. The minimum atomic E-state index is -0.221. The number of benzene rings is 1. The highest BCUT2D eigenvalue weighted by atomic mass is 35.5. The molecular formula is C14H17Cl2N3OS. The number of nitrogens with zero attached hydrogens (tertiary/aromatic N) is 2. The Morgan fingerprint density at radius 3 is 2.71 bits per heavy atom. The number of nitrogens with two attached hydrogens (primary N) is 1. The van der Waals surface area contributed by atoms with Crippen molar-refractivity contribution in [2.45, 2.75) is 37.3 Å². The monoisotopic (exact) mass is 345 g/mol. The summed E-state index contributed by atoms with van der Waals surface area (Å²) in [4.78, 5) is 0. The normalized spacial score (nSPS) is 14.1. The Bertz CT molecular complexity index is 606. The number of rotatable bonds is 6. The Kier molecular flexibility index (Phi) is 5.93. The summed E-state index contributed by atoms with van der Waals surface area (Å²) >= 11 is 13.3. The van der Waals surface area contributed by atoms with Crippen molar-refractivity contribution in [3.05, 3.63) is 39.7 Å². The second-order valence-corrected chi connectivity index (χ2v) is 6.60. The molecule has 4 nitrogen and oxygen atoms in total. The molecule has 1 unspecified atom stereocenters. The lowest BCUT2D eigenvalue weighted by atomic mass is 10.0. The van der Waals surface area contributed by atoms with Gasteiger partial charge in [-0.25, -0.2) is 0 Å². The number of hydrogen-bond acceptors (Lipinski definition) is 5. The molecule has 0 saturated carbocycles. The van der Waals surface area contributed by atoms with Gasteiger partial charge in [-0.15, -0.1) is 10.2 Å². The molecule has 2 atom stereocenters. The molecule has 0 aliphatic heterocycles. The molecule has 0 fully saturated rings. The quantitative estimate of drug-likeness (QED) is 0.767. The summed E-state index contributed by atoms with van der Waals surface area (Å²) in [6.07, 6.45) is 0.968. The minimum Gasteiger partial charge on any atom is -0.414 e. The fourth-order valence-electron chi connectivity index (χ4n) is 1.69. The first-order valence-electron chi connectivity index (χ1n) is 6.67. The van der Waals surface area contributed by atoms with Gasteiger partial charge in [-0.05, 0) is 23.6 Å². The molecule has 114 valence electrons. The first-order chi connectivity index (χ1) is 10.0. The van der Waals surface area contributed by atoms with E-state index in [4.69, 9.17) is 33.4 Å². The van der Waals surface area contributed by atoms with Crippen LogP contribution in [-0.4, -0.2) is 10.2 Å². The number of hydrogen-bond donors (Lipinski definition) is 1. The van der Waals surface area contributed by atoms with E-state index in [0.29, 0.717) is 32.8 Å². The maximum atomic E-state index is 6.07. The second-order valence-electron chi connectivity index (χ2n) is 4.85. The summed E-state index contributed by atoms with van der Waals surface area (Å²) in [5, 5.41) is 9.63. The van der Waals surface area contributed by atoms with Crippen molar-refractivity contribution in [1.82, 2.24) is 10.2 Å². The predicted molar refractivity (Wildman–Crippen MR) is 86.7 cm³/mol. The topological polar surface area (TPSA) is 64.9 Å². The van der Waals surface area contributed by atoms with E-state index in [1.807, 2.05) is 12.1 Å². The van der Waals surface area contributed by atoms with Gasteiger partial charge in [-0.2, -0.15) is 0 Å². The van der Waals surface area contributed by atoms with Crippen molar-refractivity contribution in [2.75, 3.05) is 0 Å². The van der Waals surface area contributed by atoms with Gasteiger partial charge >= 0.3 is 0 Å². The average Bonchev–Trinajstić information content (AvgIpc) is 2.95. The molecule has 0 spiro atoms. The Labute approximate surface area is 138 Å². The van der Waals surface area contributed by atoms with E-state index in [2.05, 4.69) is 24.0 Å². The van der Waals surface area contributed by atoms with Crippen LogP contribution in [0.2, 0.25) is 10.0 Å². The van der Waals surface area contributed by atoms with Crippen LogP contribution in [0.25, 0.3) is 0 Å². The molecule has 0 radical (unpaired) electrons.